The third-order valence-electron chi connectivity index (χ3n) is 2.10. The van der Waals surface area contributed by atoms with Gasteiger partial charge in [-0.1, -0.05) is 12.1 Å². The van der Waals surface area contributed by atoms with Gasteiger partial charge in [-0.25, -0.2) is 0 Å². The average Bonchev–Trinajstić information content (AvgIpc) is 2.25. The minimum absolute atomic E-state index is 0.00910. The lowest BCUT2D eigenvalue weighted by Gasteiger charge is -2.02. The number of nitrogens with one attached hydrogen (secondary N) is 1. The zero-order valence-corrected chi connectivity index (χ0v) is 8.79. The van der Waals surface area contributed by atoms with Crippen molar-refractivity contribution in [2.45, 2.75) is 19.8 Å². The summed E-state index contributed by atoms with van der Waals surface area (Å²) in [6.07, 6.45) is 1.84. The molecule has 0 aliphatic heterocycles. The monoisotopic (exact) mass is 202 g/mol. The number of rotatable bonds is 4. The maximum Gasteiger partial charge on any atom is 0.216 e. The second-order valence-electron chi connectivity index (χ2n) is 3.40. The molecule has 0 atom stereocenters. The maximum atomic E-state index is 10.6. The summed E-state index contributed by atoms with van der Waals surface area (Å²) in [5.74, 6) is 0.00910. The van der Waals surface area contributed by atoms with Crippen molar-refractivity contribution in [3.63, 3.8) is 0 Å². The summed E-state index contributed by atoms with van der Waals surface area (Å²) in [5.41, 5.74) is 1.87. The van der Waals surface area contributed by atoms with Crippen molar-refractivity contribution in [3.05, 3.63) is 35.4 Å². The third kappa shape index (κ3) is 4.28. The molecule has 0 spiro atoms. The summed E-state index contributed by atoms with van der Waals surface area (Å²) >= 11 is 0. The van der Waals surface area contributed by atoms with E-state index in [0.29, 0.717) is 12.1 Å². The van der Waals surface area contributed by atoms with E-state index in [2.05, 4.69) is 11.4 Å². The number of hydrogen-bond acceptors (Lipinski definition) is 2. The number of amides is 1. The molecule has 0 aliphatic rings. The number of carbonyl (C=O) groups is 1. The summed E-state index contributed by atoms with van der Waals surface area (Å²) in [4.78, 5) is 10.6. The van der Waals surface area contributed by atoms with Crippen LogP contribution in [0.3, 0.4) is 0 Å². The van der Waals surface area contributed by atoms with Crippen molar-refractivity contribution in [1.29, 1.82) is 5.26 Å². The molecule has 0 fully saturated rings. The van der Waals surface area contributed by atoms with E-state index in [4.69, 9.17) is 5.26 Å². The van der Waals surface area contributed by atoms with Crippen molar-refractivity contribution >= 4 is 5.91 Å². The highest BCUT2D eigenvalue weighted by molar-refractivity contribution is 5.72. The van der Waals surface area contributed by atoms with Crippen LogP contribution in [-0.4, -0.2) is 12.5 Å². The molecule has 0 radical (unpaired) electrons. The lowest BCUT2D eigenvalue weighted by Crippen LogP contribution is -2.21. The van der Waals surface area contributed by atoms with Gasteiger partial charge in [0.2, 0.25) is 5.91 Å². The molecule has 0 saturated carbocycles. The van der Waals surface area contributed by atoms with Gasteiger partial charge < -0.3 is 5.32 Å². The van der Waals surface area contributed by atoms with Gasteiger partial charge in [-0.15, -0.1) is 0 Å². The average molecular weight is 202 g/mol. The number of nitrogens with zero attached hydrogens (tertiary/aromatic N) is 1. The van der Waals surface area contributed by atoms with Gasteiger partial charge in [0.1, 0.15) is 0 Å². The van der Waals surface area contributed by atoms with Gasteiger partial charge in [0.15, 0.2) is 0 Å². The van der Waals surface area contributed by atoms with Crippen LogP contribution in [0.25, 0.3) is 0 Å². The Kier molecular flexibility index (Phi) is 4.36. The van der Waals surface area contributed by atoms with Crippen LogP contribution in [0.1, 0.15) is 24.5 Å². The van der Waals surface area contributed by atoms with Gasteiger partial charge in [0, 0.05) is 13.5 Å². The Morgan fingerprint density at radius 3 is 2.60 bits per heavy atom. The fourth-order valence-electron chi connectivity index (χ4n) is 1.30. The van der Waals surface area contributed by atoms with E-state index in [0.717, 1.165) is 12.8 Å². The highest BCUT2D eigenvalue weighted by atomic mass is 16.1. The first-order valence-electron chi connectivity index (χ1n) is 4.96. The molecule has 0 unspecified atom stereocenters. The molecule has 0 bridgehead atoms. The van der Waals surface area contributed by atoms with Crippen molar-refractivity contribution in [2.75, 3.05) is 6.54 Å². The minimum atomic E-state index is 0.00910. The van der Waals surface area contributed by atoms with Gasteiger partial charge in [0.25, 0.3) is 0 Å². The zero-order valence-electron chi connectivity index (χ0n) is 8.79. The molecule has 15 heavy (non-hydrogen) atoms. The second-order valence-corrected chi connectivity index (χ2v) is 3.40. The Bertz CT molecular complexity index is 362. The molecule has 0 aromatic heterocycles. The molecule has 78 valence electrons. The maximum absolute atomic E-state index is 10.6. The summed E-state index contributed by atoms with van der Waals surface area (Å²) in [5, 5.41) is 11.4. The van der Waals surface area contributed by atoms with Crippen molar-refractivity contribution < 1.29 is 4.79 Å². The molecule has 0 heterocycles. The summed E-state index contributed by atoms with van der Waals surface area (Å²) in [6, 6.07) is 9.61. The summed E-state index contributed by atoms with van der Waals surface area (Å²) < 4.78 is 0. The molecule has 1 N–H and O–H groups in total. The molecule has 3 heteroatoms. The van der Waals surface area contributed by atoms with E-state index < -0.39 is 0 Å². The van der Waals surface area contributed by atoms with Gasteiger partial charge in [0.05, 0.1) is 11.6 Å². The first-order chi connectivity index (χ1) is 7.22. The number of benzene rings is 1. The molecule has 0 saturated heterocycles. The number of aryl methyl sites for hydroxylation is 1. The van der Waals surface area contributed by atoms with Crippen molar-refractivity contribution in [3.8, 4) is 6.07 Å². The normalized spacial score (nSPS) is 9.33. The summed E-state index contributed by atoms with van der Waals surface area (Å²) in [6.45, 7) is 2.22. The van der Waals surface area contributed by atoms with Crippen LogP contribution in [0.5, 0.6) is 0 Å². The zero-order chi connectivity index (χ0) is 11.1. The standard InChI is InChI=1S/C12H14N2O/c1-10(15)14-8-2-3-11-4-6-12(9-13)7-5-11/h4-7H,2-3,8H2,1H3,(H,14,15). The van der Waals surface area contributed by atoms with Crippen LogP contribution >= 0.6 is 0 Å². The Labute approximate surface area is 89.7 Å². The van der Waals surface area contributed by atoms with Crippen molar-refractivity contribution in [2.24, 2.45) is 0 Å². The van der Waals surface area contributed by atoms with Crippen LogP contribution < -0.4 is 5.32 Å². The van der Waals surface area contributed by atoms with Gasteiger partial charge in [-0.3, -0.25) is 4.79 Å². The molecule has 1 aromatic rings. The molecule has 1 aromatic carbocycles. The minimum Gasteiger partial charge on any atom is -0.356 e. The fourth-order valence-corrected chi connectivity index (χ4v) is 1.30. The topological polar surface area (TPSA) is 52.9 Å². The molecular formula is C12H14N2O. The van der Waals surface area contributed by atoms with E-state index in [1.807, 2.05) is 24.3 Å². The van der Waals surface area contributed by atoms with Gasteiger partial charge in [-0.05, 0) is 30.5 Å². The second kappa shape index (κ2) is 5.82. The largest absolute Gasteiger partial charge is 0.356 e. The lowest BCUT2D eigenvalue weighted by atomic mass is 10.1. The van der Waals surface area contributed by atoms with Crippen LogP contribution in [0, 0.1) is 11.3 Å². The number of nitriles is 1. The smallest absolute Gasteiger partial charge is 0.216 e. The predicted octanol–water partition coefficient (Wildman–Crippen LogP) is 1.63. The van der Waals surface area contributed by atoms with Crippen LogP contribution in [0.15, 0.2) is 24.3 Å². The van der Waals surface area contributed by atoms with Crippen LogP contribution in [0.4, 0.5) is 0 Å². The molecule has 0 aliphatic carbocycles. The van der Waals surface area contributed by atoms with Gasteiger partial charge in [-0.2, -0.15) is 5.26 Å². The first-order valence-corrected chi connectivity index (χ1v) is 4.96. The number of carbonyl (C=O) groups excluding carboxylic acids is 1. The lowest BCUT2D eigenvalue weighted by molar-refractivity contribution is -0.118. The van der Waals surface area contributed by atoms with Crippen molar-refractivity contribution in [1.82, 2.24) is 5.32 Å². The van der Waals surface area contributed by atoms with Crippen LogP contribution in [0.2, 0.25) is 0 Å². The Morgan fingerprint density at radius 2 is 2.07 bits per heavy atom. The molecule has 1 rings (SSSR count). The summed E-state index contributed by atoms with van der Waals surface area (Å²) in [7, 11) is 0. The highest BCUT2D eigenvalue weighted by Crippen LogP contribution is 2.05. The fraction of sp³-hybridized carbons (Fsp3) is 0.333. The molecular weight excluding hydrogens is 188 g/mol. The Balaban J connectivity index is 2.32. The SMILES string of the molecule is CC(=O)NCCCc1ccc(C#N)cc1. The highest BCUT2D eigenvalue weighted by Gasteiger charge is 1.95. The van der Waals surface area contributed by atoms with Crippen LogP contribution in [-0.2, 0) is 11.2 Å². The Hall–Kier alpha value is -1.82. The molecule has 1 amide bonds. The van der Waals surface area contributed by atoms with E-state index in [1.54, 1.807) is 0 Å². The Morgan fingerprint density at radius 1 is 1.40 bits per heavy atom. The van der Waals surface area contributed by atoms with E-state index in [-0.39, 0.29) is 5.91 Å². The predicted molar refractivity (Wildman–Crippen MR) is 58.2 cm³/mol. The third-order valence-corrected chi connectivity index (χ3v) is 2.10. The number of hydrogen-bond donors (Lipinski definition) is 1. The quantitative estimate of drug-likeness (QED) is 0.754. The first kappa shape index (κ1) is 11.3. The van der Waals surface area contributed by atoms with Gasteiger partial charge >= 0.3 is 0 Å². The molecule has 3 nitrogen and oxygen atoms in total. The van der Waals surface area contributed by atoms with E-state index in [9.17, 15) is 4.79 Å². The van der Waals surface area contributed by atoms with E-state index in [1.165, 1.54) is 12.5 Å². The van der Waals surface area contributed by atoms with E-state index >= 15 is 0 Å².